The Balaban J connectivity index is 1.43. The quantitative estimate of drug-likeness (QED) is 0.533. The molecule has 2 aromatic carbocycles. The minimum Gasteiger partial charge on any atom is -0.355 e. The molecular weight excluding hydrogens is 388 g/mol. The number of aromatic nitrogens is 1. The number of carbonyl (C=O) groups is 2. The van der Waals surface area contributed by atoms with Crippen LogP contribution in [0.3, 0.4) is 0 Å². The Labute approximate surface area is 173 Å². The van der Waals surface area contributed by atoms with Crippen LogP contribution in [-0.4, -0.2) is 16.8 Å². The van der Waals surface area contributed by atoms with Crippen molar-refractivity contribution in [2.45, 2.75) is 12.8 Å². The van der Waals surface area contributed by atoms with E-state index in [4.69, 9.17) is 11.6 Å². The van der Waals surface area contributed by atoms with E-state index in [1.54, 1.807) is 36.5 Å². The summed E-state index contributed by atoms with van der Waals surface area (Å²) in [6.45, 7) is 0. The number of hydrogen-bond donors (Lipinski definition) is 3. The number of nitrogens with one attached hydrogen (secondary N) is 3. The van der Waals surface area contributed by atoms with E-state index >= 15 is 0 Å². The van der Waals surface area contributed by atoms with Crippen molar-refractivity contribution >= 4 is 46.3 Å². The first-order chi connectivity index (χ1) is 14.1. The zero-order chi connectivity index (χ0) is 20.2. The third-order valence-corrected chi connectivity index (χ3v) is 4.69. The summed E-state index contributed by atoms with van der Waals surface area (Å²) >= 11 is 5.95. The number of hydrogen-bond acceptors (Lipinski definition) is 4. The van der Waals surface area contributed by atoms with E-state index in [-0.39, 0.29) is 17.7 Å². The number of nitrogens with zero attached hydrogens (tertiary/aromatic N) is 1. The molecule has 0 radical (unpaired) electrons. The molecule has 29 heavy (non-hydrogen) atoms. The van der Waals surface area contributed by atoms with Crippen molar-refractivity contribution in [1.82, 2.24) is 4.98 Å². The van der Waals surface area contributed by atoms with Crippen LogP contribution in [-0.2, 0) is 4.79 Å². The molecule has 3 N–H and O–H groups in total. The van der Waals surface area contributed by atoms with Gasteiger partial charge in [-0.15, -0.1) is 0 Å². The summed E-state index contributed by atoms with van der Waals surface area (Å²) in [6, 6.07) is 17.7. The van der Waals surface area contributed by atoms with E-state index in [1.165, 1.54) is 0 Å². The molecule has 0 bridgehead atoms. The predicted octanol–water partition coefficient (Wildman–Crippen LogP) is 5.08. The number of amides is 2. The number of carbonyl (C=O) groups excluding carboxylic acids is 2. The standard InChI is InChI=1S/C22H19ClN4O2/c23-16-4-1-3-15(11-16)22(29)26-18-6-2-5-17(12-18)25-19-9-10-24-20(13-19)27-21(28)14-7-8-14/h1-6,9-14H,7-8H2,(H,26,29)(H2,24,25,27,28). The van der Waals surface area contributed by atoms with Gasteiger partial charge in [-0.2, -0.15) is 0 Å². The largest absolute Gasteiger partial charge is 0.355 e. The maximum absolute atomic E-state index is 12.4. The molecule has 3 aromatic rings. The molecule has 6 nitrogen and oxygen atoms in total. The smallest absolute Gasteiger partial charge is 0.255 e. The number of rotatable bonds is 6. The molecule has 1 aliphatic rings. The first-order valence-corrected chi connectivity index (χ1v) is 9.65. The minimum atomic E-state index is -0.237. The fourth-order valence-electron chi connectivity index (χ4n) is 2.82. The first kappa shape index (κ1) is 19.0. The molecule has 1 aromatic heterocycles. The van der Waals surface area contributed by atoms with Gasteiger partial charge in [-0.1, -0.05) is 23.7 Å². The van der Waals surface area contributed by atoms with Gasteiger partial charge in [-0.3, -0.25) is 9.59 Å². The van der Waals surface area contributed by atoms with Gasteiger partial charge in [-0.05, 0) is 55.3 Å². The minimum absolute atomic E-state index is 0.0142. The fraction of sp³-hybridized carbons (Fsp3) is 0.136. The molecule has 7 heteroatoms. The molecule has 1 saturated carbocycles. The first-order valence-electron chi connectivity index (χ1n) is 9.28. The van der Waals surface area contributed by atoms with Crippen LogP contribution < -0.4 is 16.0 Å². The Hall–Kier alpha value is -3.38. The molecule has 1 fully saturated rings. The average molecular weight is 407 g/mol. The summed E-state index contributed by atoms with van der Waals surface area (Å²) in [5.74, 6) is 0.407. The van der Waals surface area contributed by atoms with Crippen molar-refractivity contribution in [3.05, 3.63) is 77.4 Å². The van der Waals surface area contributed by atoms with Crippen molar-refractivity contribution in [3.63, 3.8) is 0 Å². The second-order valence-corrected chi connectivity index (χ2v) is 7.30. The average Bonchev–Trinajstić information content (AvgIpc) is 3.54. The molecule has 2 amide bonds. The Bertz CT molecular complexity index is 1070. The number of halogens is 1. The highest BCUT2D eigenvalue weighted by Crippen LogP contribution is 2.30. The summed E-state index contributed by atoms with van der Waals surface area (Å²) in [6.07, 6.45) is 3.52. The summed E-state index contributed by atoms with van der Waals surface area (Å²) < 4.78 is 0. The van der Waals surface area contributed by atoms with Gasteiger partial charge < -0.3 is 16.0 Å². The van der Waals surface area contributed by atoms with Gasteiger partial charge in [0.15, 0.2) is 0 Å². The zero-order valence-electron chi connectivity index (χ0n) is 15.5. The Morgan fingerprint density at radius 2 is 1.66 bits per heavy atom. The molecule has 0 aliphatic heterocycles. The van der Waals surface area contributed by atoms with Gasteiger partial charge in [0.2, 0.25) is 5.91 Å². The van der Waals surface area contributed by atoms with Crippen LogP contribution in [0.2, 0.25) is 5.02 Å². The molecule has 146 valence electrons. The number of pyridine rings is 1. The van der Waals surface area contributed by atoms with Gasteiger partial charge in [0.25, 0.3) is 5.91 Å². The van der Waals surface area contributed by atoms with E-state index in [1.807, 2.05) is 30.3 Å². The van der Waals surface area contributed by atoms with Gasteiger partial charge in [0.05, 0.1) is 0 Å². The second-order valence-electron chi connectivity index (χ2n) is 6.86. The van der Waals surface area contributed by atoms with Crippen LogP contribution in [0.5, 0.6) is 0 Å². The third kappa shape index (κ3) is 5.12. The van der Waals surface area contributed by atoms with E-state index in [0.29, 0.717) is 22.1 Å². The predicted molar refractivity (Wildman–Crippen MR) is 115 cm³/mol. The molecular formula is C22H19ClN4O2. The van der Waals surface area contributed by atoms with Gasteiger partial charge >= 0.3 is 0 Å². The van der Waals surface area contributed by atoms with Crippen molar-refractivity contribution in [2.75, 3.05) is 16.0 Å². The van der Waals surface area contributed by atoms with Crippen LogP contribution in [0.4, 0.5) is 22.9 Å². The van der Waals surface area contributed by atoms with Crippen LogP contribution in [0, 0.1) is 5.92 Å². The van der Waals surface area contributed by atoms with Gasteiger partial charge in [0.1, 0.15) is 5.82 Å². The van der Waals surface area contributed by atoms with Crippen LogP contribution >= 0.6 is 11.6 Å². The Kier molecular flexibility index (Phi) is 5.44. The van der Waals surface area contributed by atoms with Crippen molar-refractivity contribution < 1.29 is 9.59 Å². The van der Waals surface area contributed by atoms with Crippen molar-refractivity contribution in [1.29, 1.82) is 0 Å². The Morgan fingerprint density at radius 1 is 0.897 bits per heavy atom. The fourth-order valence-corrected chi connectivity index (χ4v) is 3.02. The van der Waals surface area contributed by atoms with Crippen LogP contribution in [0.15, 0.2) is 66.9 Å². The highest BCUT2D eigenvalue weighted by Gasteiger charge is 2.29. The van der Waals surface area contributed by atoms with Crippen LogP contribution in [0.1, 0.15) is 23.2 Å². The highest BCUT2D eigenvalue weighted by atomic mass is 35.5. The third-order valence-electron chi connectivity index (χ3n) is 4.46. The van der Waals surface area contributed by atoms with Crippen molar-refractivity contribution in [3.8, 4) is 0 Å². The lowest BCUT2D eigenvalue weighted by atomic mass is 10.2. The van der Waals surface area contributed by atoms with E-state index in [9.17, 15) is 9.59 Å². The van der Waals surface area contributed by atoms with E-state index in [2.05, 4.69) is 20.9 Å². The Morgan fingerprint density at radius 3 is 2.45 bits per heavy atom. The van der Waals surface area contributed by atoms with Gasteiger partial charge in [0, 0.05) is 45.8 Å². The summed E-state index contributed by atoms with van der Waals surface area (Å²) in [5, 5.41) is 9.46. The molecule has 1 heterocycles. The SMILES string of the molecule is O=C(Nc1cccc(Nc2ccnc(NC(=O)C3CC3)c2)c1)c1cccc(Cl)c1. The van der Waals surface area contributed by atoms with Crippen molar-refractivity contribution in [2.24, 2.45) is 5.92 Å². The van der Waals surface area contributed by atoms with E-state index < -0.39 is 0 Å². The molecule has 1 aliphatic carbocycles. The monoisotopic (exact) mass is 406 g/mol. The van der Waals surface area contributed by atoms with Crippen LogP contribution in [0.25, 0.3) is 0 Å². The maximum atomic E-state index is 12.4. The van der Waals surface area contributed by atoms with Gasteiger partial charge in [-0.25, -0.2) is 4.98 Å². The molecule has 0 saturated heterocycles. The number of benzene rings is 2. The highest BCUT2D eigenvalue weighted by molar-refractivity contribution is 6.31. The molecule has 0 spiro atoms. The topological polar surface area (TPSA) is 83.1 Å². The lowest BCUT2D eigenvalue weighted by molar-refractivity contribution is -0.117. The normalized spacial score (nSPS) is 12.9. The summed E-state index contributed by atoms with van der Waals surface area (Å²) in [4.78, 5) is 28.5. The molecule has 0 atom stereocenters. The second kappa shape index (κ2) is 8.32. The lowest BCUT2D eigenvalue weighted by Crippen LogP contribution is -2.14. The zero-order valence-corrected chi connectivity index (χ0v) is 16.2. The number of anilines is 4. The summed E-state index contributed by atoms with van der Waals surface area (Å²) in [7, 11) is 0. The molecule has 4 rings (SSSR count). The molecule has 0 unspecified atom stereocenters. The summed E-state index contributed by atoms with van der Waals surface area (Å²) in [5.41, 5.74) is 2.71. The van der Waals surface area contributed by atoms with E-state index in [0.717, 1.165) is 24.2 Å². The lowest BCUT2D eigenvalue weighted by Gasteiger charge is -2.11. The maximum Gasteiger partial charge on any atom is 0.255 e.